The van der Waals surface area contributed by atoms with Gasteiger partial charge in [0.2, 0.25) is 0 Å². The van der Waals surface area contributed by atoms with Gasteiger partial charge in [-0.1, -0.05) is 74.4 Å². The molecule has 1 aliphatic heterocycles. The fraction of sp³-hybridized carbons (Fsp3) is 0.452. The van der Waals surface area contributed by atoms with E-state index in [2.05, 4.69) is 94.2 Å². The van der Waals surface area contributed by atoms with Crippen molar-refractivity contribution in [2.24, 2.45) is 4.99 Å². The van der Waals surface area contributed by atoms with Crippen LogP contribution in [0.1, 0.15) is 69.2 Å². The van der Waals surface area contributed by atoms with Crippen molar-refractivity contribution in [1.82, 2.24) is 5.32 Å². The molecule has 0 bridgehead atoms. The third kappa shape index (κ3) is 9.59. The molecule has 0 atom stereocenters. The Hall–Kier alpha value is -2.81. The summed E-state index contributed by atoms with van der Waals surface area (Å²) in [6.45, 7) is 25.1. The number of piperidine rings is 1. The number of allylic oxidation sites excluding steroid dienone is 1. The number of nitrogens with one attached hydrogen (secondary N) is 1. The molecule has 1 aliphatic rings. The van der Waals surface area contributed by atoms with Gasteiger partial charge < -0.3 is 10.2 Å². The predicted molar refractivity (Wildman–Crippen MR) is 155 cm³/mol. The molecule has 1 N–H and O–H groups in total. The molecule has 2 aromatic rings. The fourth-order valence-electron chi connectivity index (χ4n) is 4.17. The maximum atomic E-state index is 4.67. The van der Waals surface area contributed by atoms with Crippen LogP contribution in [0.3, 0.4) is 0 Å². The van der Waals surface area contributed by atoms with E-state index in [0.29, 0.717) is 0 Å². The first-order chi connectivity index (χ1) is 16.4. The Morgan fingerprint density at radius 3 is 1.97 bits per heavy atom. The molecule has 0 unspecified atom stereocenters. The normalized spacial score (nSPS) is 15.1. The van der Waals surface area contributed by atoms with Crippen molar-refractivity contribution in [2.45, 2.75) is 74.7 Å². The SMILES string of the molecule is C=C.CC.CCCN/C(C)=C1\CCCN(c2c(C)cc(C)cc2C)C1=NC.Cc1ccccc1. The summed E-state index contributed by atoms with van der Waals surface area (Å²) < 4.78 is 0. The second-order valence-electron chi connectivity index (χ2n) is 8.23. The van der Waals surface area contributed by atoms with E-state index in [1.807, 2.05) is 39.1 Å². The molecule has 3 rings (SSSR count). The average molecular weight is 464 g/mol. The molecular formula is C31H49N3. The van der Waals surface area contributed by atoms with Gasteiger partial charge in [-0.15, -0.1) is 13.2 Å². The van der Waals surface area contributed by atoms with Gasteiger partial charge in [0, 0.05) is 37.1 Å². The lowest BCUT2D eigenvalue weighted by molar-refractivity contribution is 0.729. The molecular weight excluding hydrogens is 414 g/mol. The number of benzene rings is 2. The number of aliphatic imine (C=N–C) groups is 1. The maximum absolute atomic E-state index is 4.67. The lowest BCUT2D eigenvalue weighted by atomic mass is 9.97. The molecule has 0 amide bonds. The van der Waals surface area contributed by atoms with Crippen LogP contribution < -0.4 is 10.2 Å². The van der Waals surface area contributed by atoms with Gasteiger partial charge in [0.05, 0.1) is 0 Å². The first-order valence-electron chi connectivity index (χ1n) is 12.7. The van der Waals surface area contributed by atoms with E-state index in [9.17, 15) is 0 Å². The van der Waals surface area contributed by atoms with Crippen molar-refractivity contribution in [3.63, 3.8) is 0 Å². The molecule has 3 heteroatoms. The number of amidine groups is 1. The summed E-state index contributed by atoms with van der Waals surface area (Å²) in [7, 11) is 1.92. The van der Waals surface area contributed by atoms with Crippen LogP contribution in [0.2, 0.25) is 0 Å². The van der Waals surface area contributed by atoms with Crippen LogP contribution in [-0.2, 0) is 0 Å². The molecule has 0 aliphatic carbocycles. The minimum Gasteiger partial charge on any atom is -0.388 e. The third-order valence-electron chi connectivity index (χ3n) is 5.48. The zero-order valence-electron chi connectivity index (χ0n) is 23.4. The monoisotopic (exact) mass is 463 g/mol. The highest BCUT2D eigenvalue weighted by Gasteiger charge is 2.26. The van der Waals surface area contributed by atoms with Crippen molar-refractivity contribution < 1.29 is 0 Å². The Kier molecular flexibility index (Phi) is 16.2. The summed E-state index contributed by atoms with van der Waals surface area (Å²) in [6, 6.07) is 14.8. The zero-order chi connectivity index (χ0) is 26.1. The van der Waals surface area contributed by atoms with E-state index < -0.39 is 0 Å². The Labute approximate surface area is 210 Å². The Bertz CT molecular complexity index is 871. The van der Waals surface area contributed by atoms with Gasteiger partial charge in [0.1, 0.15) is 5.84 Å². The van der Waals surface area contributed by atoms with E-state index in [-0.39, 0.29) is 0 Å². The Morgan fingerprint density at radius 1 is 0.971 bits per heavy atom. The molecule has 0 aromatic heterocycles. The Balaban J connectivity index is 0.000000826. The molecule has 0 spiro atoms. The molecule has 0 radical (unpaired) electrons. The van der Waals surface area contributed by atoms with Gasteiger partial charge in [-0.3, -0.25) is 4.99 Å². The molecule has 188 valence electrons. The lowest BCUT2D eigenvalue weighted by Crippen LogP contribution is -2.39. The van der Waals surface area contributed by atoms with Crippen molar-refractivity contribution in [3.05, 3.63) is 89.1 Å². The summed E-state index contributed by atoms with van der Waals surface area (Å²) in [5, 5.41) is 3.55. The van der Waals surface area contributed by atoms with Crippen LogP contribution in [0.15, 0.2) is 71.9 Å². The van der Waals surface area contributed by atoms with Gasteiger partial charge in [0.15, 0.2) is 0 Å². The highest BCUT2D eigenvalue weighted by molar-refractivity contribution is 6.11. The number of anilines is 1. The smallest absolute Gasteiger partial charge is 0.132 e. The quantitative estimate of drug-likeness (QED) is 0.461. The van der Waals surface area contributed by atoms with Crippen LogP contribution in [0.4, 0.5) is 5.69 Å². The largest absolute Gasteiger partial charge is 0.388 e. The topological polar surface area (TPSA) is 27.6 Å². The molecule has 0 saturated carbocycles. The van der Waals surface area contributed by atoms with E-state index >= 15 is 0 Å². The van der Waals surface area contributed by atoms with Gasteiger partial charge in [-0.2, -0.15) is 0 Å². The fourth-order valence-corrected chi connectivity index (χ4v) is 4.17. The number of nitrogens with zero attached hydrogens (tertiary/aromatic N) is 2. The van der Waals surface area contributed by atoms with Gasteiger partial charge in [-0.05, 0) is 65.0 Å². The number of rotatable bonds is 4. The minimum absolute atomic E-state index is 1.02. The second-order valence-corrected chi connectivity index (χ2v) is 8.23. The molecule has 1 fully saturated rings. The van der Waals surface area contributed by atoms with E-state index in [1.165, 1.54) is 45.6 Å². The van der Waals surface area contributed by atoms with Gasteiger partial charge >= 0.3 is 0 Å². The molecule has 34 heavy (non-hydrogen) atoms. The van der Waals surface area contributed by atoms with Crippen LogP contribution in [0.5, 0.6) is 0 Å². The molecule has 3 nitrogen and oxygen atoms in total. The van der Waals surface area contributed by atoms with Crippen LogP contribution in [-0.4, -0.2) is 26.0 Å². The number of aryl methyl sites for hydroxylation is 4. The molecule has 2 aromatic carbocycles. The first-order valence-corrected chi connectivity index (χ1v) is 12.7. The van der Waals surface area contributed by atoms with E-state index in [1.54, 1.807) is 0 Å². The van der Waals surface area contributed by atoms with Crippen LogP contribution in [0.25, 0.3) is 0 Å². The zero-order valence-corrected chi connectivity index (χ0v) is 23.4. The summed E-state index contributed by atoms with van der Waals surface area (Å²) in [5.74, 6) is 1.13. The second kappa shape index (κ2) is 17.6. The highest BCUT2D eigenvalue weighted by atomic mass is 15.2. The van der Waals surface area contributed by atoms with Gasteiger partial charge in [0.25, 0.3) is 0 Å². The van der Waals surface area contributed by atoms with Crippen LogP contribution in [0, 0.1) is 27.7 Å². The average Bonchev–Trinajstić information content (AvgIpc) is 2.85. The number of hydrogen-bond acceptors (Lipinski definition) is 2. The third-order valence-corrected chi connectivity index (χ3v) is 5.48. The van der Waals surface area contributed by atoms with Crippen molar-refractivity contribution in [2.75, 3.05) is 25.0 Å². The summed E-state index contributed by atoms with van der Waals surface area (Å²) in [6.07, 6.45) is 3.42. The van der Waals surface area contributed by atoms with E-state index in [0.717, 1.165) is 31.8 Å². The summed E-state index contributed by atoms with van der Waals surface area (Å²) >= 11 is 0. The summed E-state index contributed by atoms with van der Waals surface area (Å²) in [4.78, 5) is 7.08. The van der Waals surface area contributed by atoms with Crippen molar-refractivity contribution in [1.29, 1.82) is 0 Å². The molecule has 1 heterocycles. The van der Waals surface area contributed by atoms with Crippen molar-refractivity contribution >= 4 is 11.5 Å². The lowest BCUT2D eigenvalue weighted by Gasteiger charge is -2.35. The predicted octanol–water partition coefficient (Wildman–Crippen LogP) is 8.34. The number of hydrogen-bond donors (Lipinski definition) is 1. The maximum Gasteiger partial charge on any atom is 0.132 e. The first kappa shape index (κ1) is 31.2. The standard InChI is InChI=1S/C20H31N3.C7H8.C2H6.C2H4/c1-7-10-22-17(5)18-9-8-11-23(20(18)21-6)19-15(3)12-14(2)13-16(19)4;1-7-5-3-2-4-6-7;2*1-2/h12-13,22H,7-11H2,1-6H3;2-6H,1H3;1-2H3;1-2H2/b18-17+,21-20?;;;. The minimum atomic E-state index is 1.02. The van der Waals surface area contributed by atoms with Gasteiger partial charge in [-0.25, -0.2) is 0 Å². The molecule has 1 saturated heterocycles. The van der Waals surface area contributed by atoms with E-state index in [4.69, 9.17) is 0 Å². The highest BCUT2D eigenvalue weighted by Crippen LogP contribution is 2.32. The summed E-state index contributed by atoms with van der Waals surface area (Å²) in [5.41, 5.74) is 9.30. The Morgan fingerprint density at radius 2 is 1.53 bits per heavy atom. The van der Waals surface area contributed by atoms with Crippen LogP contribution >= 0.6 is 0 Å². The van der Waals surface area contributed by atoms with Crippen molar-refractivity contribution in [3.8, 4) is 0 Å².